The van der Waals surface area contributed by atoms with Crippen LogP contribution in [0.5, 0.6) is 11.5 Å². The van der Waals surface area contributed by atoms with Crippen molar-refractivity contribution in [2.24, 2.45) is 0 Å². The summed E-state index contributed by atoms with van der Waals surface area (Å²) >= 11 is 0. The molecule has 0 aliphatic heterocycles. The van der Waals surface area contributed by atoms with Crippen LogP contribution in [0.1, 0.15) is 5.56 Å². The Kier molecular flexibility index (Phi) is 3.23. The topological polar surface area (TPSA) is 68.4 Å². The van der Waals surface area contributed by atoms with E-state index in [0.29, 0.717) is 17.2 Å². The Hall–Kier alpha value is -2.59. The van der Waals surface area contributed by atoms with Crippen molar-refractivity contribution in [1.29, 1.82) is 0 Å². The molecule has 0 fully saturated rings. The fraction of sp³-hybridized carbons (Fsp3) is 0.0625. The molecule has 0 bridgehead atoms. The monoisotopic (exact) mass is 266 g/mol. The van der Waals surface area contributed by atoms with Gasteiger partial charge in [0.15, 0.2) is 0 Å². The normalized spacial score (nSPS) is 10.7. The number of nitrogen functional groups attached to an aromatic ring is 1. The summed E-state index contributed by atoms with van der Waals surface area (Å²) in [5.41, 5.74) is 7.49. The molecule has 1 heterocycles. The lowest BCUT2D eigenvalue weighted by Gasteiger charge is -2.10. The first kappa shape index (κ1) is 12.4. The van der Waals surface area contributed by atoms with Crippen LogP contribution in [0.15, 0.2) is 54.9 Å². The van der Waals surface area contributed by atoms with Crippen molar-refractivity contribution < 1.29 is 9.84 Å². The van der Waals surface area contributed by atoms with Gasteiger partial charge in [-0.05, 0) is 35.9 Å². The molecule has 0 saturated heterocycles. The molecule has 100 valence electrons. The Balaban J connectivity index is 2.00. The van der Waals surface area contributed by atoms with Crippen LogP contribution in [0, 0.1) is 0 Å². The van der Waals surface area contributed by atoms with E-state index < -0.39 is 0 Å². The summed E-state index contributed by atoms with van der Waals surface area (Å²) in [6, 6.07) is 12.8. The molecule has 3 aromatic rings. The zero-order valence-electron chi connectivity index (χ0n) is 10.8. The number of fused-ring (bicyclic) bond motifs is 1. The smallest absolute Gasteiger partial charge is 0.136 e. The van der Waals surface area contributed by atoms with Crippen molar-refractivity contribution >= 4 is 16.5 Å². The van der Waals surface area contributed by atoms with Crippen LogP contribution < -0.4 is 10.5 Å². The molecule has 0 unspecified atom stereocenters. The second-order valence-corrected chi connectivity index (χ2v) is 4.48. The standard InChI is InChI=1S/C16H14N2O2/c17-15-5-6-16(14-9-18-8-7-13(14)15)20-12-3-1-11(10-19)2-4-12/h1-9,19H,10,17H2. The lowest BCUT2D eigenvalue weighted by atomic mass is 10.1. The predicted molar refractivity (Wildman–Crippen MR) is 78.6 cm³/mol. The van der Waals surface area contributed by atoms with E-state index in [0.717, 1.165) is 16.3 Å². The van der Waals surface area contributed by atoms with Crippen molar-refractivity contribution in [1.82, 2.24) is 4.98 Å². The van der Waals surface area contributed by atoms with Crippen LogP contribution in [-0.4, -0.2) is 10.1 Å². The molecule has 0 aliphatic rings. The van der Waals surface area contributed by atoms with Gasteiger partial charge in [-0.25, -0.2) is 0 Å². The minimum atomic E-state index is 0.0228. The highest BCUT2D eigenvalue weighted by Gasteiger charge is 2.06. The van der Waals surface area contributed by atoms with E-state index in [1.165, 1.54) is 0 Å². The second-order valence-electron chi connectivity index (χ2n) is 4.48. The number of ether oxygens (including phenoxy) is 1. The third-order valence-corrected chi connectivity index (χ3v) is 3.15. The number of hydrogen-bond acceptors (Lipinski definition) is 4. The maximum absolute atomic E-state index is 9.03. The van der Waals surface area contributed by atoms with Crippen molar-refractivity contribution in [2.75, 3.05) is 5.73 Å². The van der Waals surface area contributed by atoms with E-state index in [9.17, 15) is 0 Å². The number of rotatable bonds is 3. The number of benzene rings is 2. The number of pyridine rings is 1. The first-order chi connectivity index (χ1) is 9.78. The van der Waals surface area contributed by atoms with Crippen LogP contribution in [0.25, 0.3) is 10.8 Å². The highest BCUT2D eigenvalue weighted by atomic mass is 16.5. The van der Waals surface area contributed by atoms with Crippen LogP contribution in [0.3, 0.4) is 0 Å². The van der Waals surface area contributed by atoms with Crippen molar-refractivity contribution in [3.05, 3.63) is 60.4 Å². The largest absolute Gasteiger partial charge is 0.457 e. The van der Waals surface area contributed by atoms with Crippen LogP contribution >= 0.6 is 0 Å². The van der Waals surface area contributed by atoms with E-state index in [2.05, 4.69) is 4.98 Å². The van der Waals surface area contributed by atoms with Gasteiger partial charge in [-0.2, -0.15) is 0 Å². The summed E-state index contributed by atoms with van der Waals surface area (Å²) in [7, 11) is 0. The quantitative estimate of drug-likeness (QED) is 0.715. The molecular weight excluding hydrogens is 252 g/mol. The molecule has 2 aromatic carbocycles. The van der Waals surface area contributed by atoms with E-state index >= 15 is 0 Å². The average molecular weight is 266 g/mol. The Morgan fingerprint density at radius 3 is 2.55 bits per heavy atom. The highest BCUT2D eigenvalue weighted by molar-refractivity contribution is 5.96. The first-order valence-electron chi connectivity index (χ1n) is 6.28. The molecule has 4 nitrogen and oxygen atoms in total. The molecule has 1 aromatic heterocycles. The molecule has 4 heteroatoms. The van der Waals surface area contributed by atoms with Gasteiger partial charge in [-0.15, -0.1) is 0 Å². The first-order valence-corrected chi connectivity index (χ1v) is 6.28. The molecule has 0 spiro atoms. The van der Waals surface area contributed by atoms with Gasteiger partial charge in [0.05, 0.1) is 6.61 Å². The summed E-state index contributed by atoms with van der Waals surface area (Å²) in [4.78, 5) is 4.12. The zero-order chi connectivity index (χ0) is 13.9. The zero-order valence-corrected chi connectivity index (χ0v) is 10.8. The number of anilines is 1. The fourth-order valence-corrected chi connectivity index (χ4v) is 2.07. The molecule has 3 rings (SSSR count). The fourth-order valence-electron chi connectivity index (χ4n) is 2.07. The van der Waals surface area contributed by atoms with Crippen LogP contribution in [-0.2, 0) is 6.61 Å². The van der Waals surface area contributed by atoms with Gasteiger partial charge in [0.25, 0.3) is 0 Å². The number of nitrogens with zero attached hydrogens (tertiary/aromatic N) is 1. The van der Waals surface area contributed by atoms with Crippen molar-refractivity contribution in [3.8, 4) is 11.5 Å². The lowest BCUT2D eigenvalue weighted by Crippen LogP contribution is -1.91. The molecular formula is C16H14N2O2. The van der Waals surface area contributed by atoms with Gasteiger partial charge in [0.1, 0.15) is 11.5 Å². The Morgan fingerprint density at radius 1 is 1.00 bits per heavy atom. The lowest BCUT2D eigenvalue weighted by molar-refractivity contribution is 0.281. The molecule has 20 heavy (non-hydrogen) atoms. The van der Waals surface area contributed by atoms with Crippen LogP contribution in [0.4, 0.5) is 5.69 Å². The number of aliphatic hydroxyl groups is 1. The Morgan fingerprint density at radius 2 is 1.80 bits per heavy atom. The second kappa shape index (κ2) is 5.19. The van der Waals surface area contributed by atoms with Gasteiger partial charge in [-0.3, -0.25) is 4.98 Å². The molecule has 0 radical (unpaired) electrons. The van der Waals surface area contributed by atoms with E-state index in [1.54, 1.807) is 12.4 Å². The maximum Gasteiger partial charge on any atom is 0.136 e. The van der Waals surface area contributed by atoms with Crippen molar-refractivity contribution in [2.45, 2.75) is 6.61 Å². The van der Waals surface area contributed by atoms with Gasteiger partial charge in [0.2, 0.25) is 0 Å². The summed E-state index contributed by atoms with van der Waals surface area (Å²) < 4.78 is 5.87. The number of hydrogen-bond donors (Lipinski definition) is 2. The molecule has 3 N–H and O–H groups in total. The van der Waals surface area contributed by atoms with Crippen LogP contribution in [0.2, 0.25) is 0 Å². The Bertz CT molecular complexity index is 739. The number of aromatic nitrogens is 1. The number of nitrogens with two attached hydrogens (primary N) is 1. The molecule has 0 saturated carbocycles. The average Bonchev–Trinajstić information content (AvgIpc) is 2.51. The Labute approximate surface area is 116 Å². The minimum Gasteiger partial charge on any atom is -0.457 e. The van der Waals surface area contributed by atoms with Gasteiger partial charge in [-0.1, -0.05) is 12.1 Å². The number of aliphatic hydroxyl groups excluding tert-OH is 1. The third kappa shape index (κ3) is 2.29. The van der Waals surface area contributed by atoms with E-state index in [1.807, 2.05) is 42.5 Å². The molecule has 0 aliphatic carbocycles. The summed E-state index contributed by atoms with van der Waals surface area (Å²) in [5.74, 6) is 1.41. The minimum absolute atomic E-state index is 0.0228. The molecule has 0 atom stereocenters. The van der Waals surface area contributed by atoms with Crippen molar-refractivity contribution in [3.63, 3.8) is 0 Å². The summed E-state index contributed by atoms with van der Waals surface area (Å²) in [6.45, 7) is 0.0228. The van der Waals surface area contributed by atoms with E-state index in [4.69, 9.17) is 15.6 Å². The highest BCUT2D eigenvalue weighted by Crippen LogP contribution is 2.32. The summed E-state index contributed by atoms with van der Waals surface area (Å²) in [6.07, 6.45) is 3.45. The third-order valence-electron chi connectivity index (χ3n) is 3.15. The van der Waals surface area contributed by atoms with Gasteiger partial charge >= 0.3 is 0 Å². The predicted octanol–water partition coefficient (Wildman–Crippen LogP) is 3.10. The van der Waals surface area contributed by atoms with Gasteiger partial charge in [0, 0.05) is 28.9 Å². The maximum atomic E-state index is 9.03. The van der Waals surface area contributed by atoms with Gasteiger partial charge < -0.3 is 15.6 Å². The SMILES string of the molecule is Nc1ccc(Oc2ccc(CO)cc2)c2cnccc12. The summed E-state index contributed by atoms with van der Waals surface area (Å²) in [5, 5.41) is 10.8. The molecule has 0 amide bonds. The van der Waals surface area contributed by atoms with E-state index in [-0.39, 0.29) is 6.61 Å².